The Morgan fingerprint density at radius 2 is 1.98 bits per heavy atom. The highest BCUT2D eigenvalue weighted by atomic mass is 32.1. The van der Waals surface area contributed by atoms with E-state index < -0.39 is 0 Å². The van der Waals surface area contributed by atoms with Gasteiger partial charge in [0.1, 0.15) is 11.3 Å². The van der Waals surface area contributed by atoms with Crippen molar-refractivity contribution in [3.05, 3.63) is 65.2 Å². The van der Waals surface area contributed by atoms with Crippen LogP contribution in [0.5, 0.6) is 5.75 Å². The Balaban J connectivity index is 1.11. The molecule has 1 aromatic heterocycles. The number of carbonyl (C=O) groups excluding carboxylic acids is 2. The largest absolute Gasteiger partial charge is 0.484 e. The van der Waals surface area contributed by atoms with Crippen LogP contribution in [0.15, 0.2) is 54.6 Å². The summed E-state index contributed by atoms with van der Waals surface area (Å²) in [6, 6.07) is 12.7. The van der Waals surface area contributed by atoms with E-state index in [-0.39, 0.29) is 24.4 Å². The lowest BCUT2D eigenvalue weighted by Crippen LogP contribution is -2.36. The Kier molecular flexibility index (Phi) is 10.3. The maximum absolute atomic E-state index is 12.7. The van der Waals surface area contributed by atoms with E-state index in [0.717, 1.165) is 93.2 Å². The Morgan fingerprint density at radius 3 is 2.83 bits per heavy atom. The van der Waals surface area contributed by atoms with Gasteiger partial charge in [0.15, 0.2) is 12.4 Å². The van der Waals surface area contributed by atoms with Gasteiger partial charge in [-0.2, -0.15) is 0 Å². The van der Waals surface area contributed by atoms with E-state index in [4.69, 9.17) is 19.2 Å². The number of thiazole rings is 1. The molecule has 3 aromatic rings. The molecule has 1 unspecified atom stereocenters. The van der Waals surface area contributed by atoms with Gasteiger partial charge < -0.3 is 19.5 Å². The summed E-state index contributed by atoms with van der Waals surface area (Å²) >= 11 is 1.68. The van der Waals surface area contributed by atoms with Crippen LogP contribution >= 0.6 is 11.3 Å². The van der Waals surface area contributed by atoms with Crippen LogP contribution in [-0.4, -0.2) is 73.7 Å². The molecule has 1 amide bonds. The first-order valence-electron chi connectivity index (χ1n) is 14.2. The molecular weight excluding hydrogens is 526 g/mol. The molecule has 2 aliphatic heterocycles. The maximum Gasteiger partial charge on any atom is 0.262 e. The van der Waals surface area contributed by atoms with Crippen LogP contribution in [-0.2, 0) is 20.7 Å². The molecule has 2 aromatic carbocycles. The van der Waals surface area contributed by atoms with Crippen molar-refractivity contribution in [3.8, 4) is 5.75 Å². The minimum atomic E-state index is -0.279. The lowest BCUT2D eigenvalue weighted by Gasteiger charge is -2.26. The monoisotopic (exact) mass is 563 g/mol. The Hall–Kier alpha value is -3.11. The van der Waals surface area contributed by atoms with Crippen LogP contribution in [0.25, 0.3) is 10.2 Å². The number of hydrogen-bond donors (Lipinski definition) is 1. The fraction of sp³-hybridized carbons (Fsp3) is 0.452. The number of morpholine rings is 1. The number of hydrogen-bond acceptors (Lipinski definition) is 8. The van der Waals surface area contributed by atoms with Crippen molar-refractivity contribution < 1.29 is 23.8 Å². The third-order valence-corrected chi connectivity index (χ3v) is 8.20. The minimum absolute atomic E-state index is 0.000524. The van der Waals surface area contributed by atoms with Crippen LogP contribution in [0.4, 0.5) is 5.69 Å². The number of carbonyl (C=O) groups is 2. The van der Waals surface area contributed by atoms with Crippen LogP contribution in [0, 0.1) is 0 Å². The number of nitrogens with one attached hydrogen (secondary N) is 1. The molecule has 0 spiro atoms. The maximum atomic E-state index is 12.7. The summed E-state index contributed by atoms with van der Waals surface area (Å²) in [4.78, 5) is 32.6. The SMILES string of the molecule is O=C(COc1cccc(C(=O)C=CC2CCCCO2)c1)Nc1cccc2sc(CCCCN3CCOCC3)nc12. The number of benzene rings is 2. The Labute approximate surface area is 239 Å². The molecule has 0 radical (unpaired) electrons. The van der Waals surface area contributed by atoms with Crippen molar-refractivity contribution in [3.63, 3.8) is 0 Å². The predicted octanol–water partition coefficient (Wildman–Crippen LogP) is 5.28. The first kappa shape index (κ1) is 28.4. The van der Waals surface area contributed by atoms with Crippen molar-refractivity contribution in [2.75, 3.05) is 51.4 Å². The summed E-state index contributed by atoms with van der Waals surface area (Å²) in [5, 5.41) is 4.03. The summed E-state index contributed by atoms with van der Waals surface area (Å²) in [6.07, 6.45) is 9.66. The normalized spacial score (nSPS) is 18.2. The van der Waals surface area contributed by atoms with Gasteiger partial charge in [0.25, 0.3) is 5.91 Å². The summed E-state index contributed by atoms with van der Waals surface area (Å²) in [7, 11) is 0. The van der Waals surface area contributed by atoms with Crippen LogP contribution < -0.4 is 10.1 Å². The topological polar surface area (TPSA) is 90.0 Å². The van der Waals surface area contributed by atoms with Gasteiger partial charge >= 0.3 is 0 Å². The lowest BCUT2D eigenvalue weighted by molar-refractivity contribution is -0.118. The fourth-order valence-electron chi connectivity index (χ4n) is 4.92. The molecule has 40 heavy (non-hydrogen) atoms. The third-order valence-electron chi connectivity index (χ3n) is 7.12. The highest BCUT2D eigenvalue weighted by Crippen LogP contribution is 2.29. The molecule has 2 aliphatic rings. The van der Waals surface area contributed by atoms with Gasteiger partial charge in [-0.25, -0.2) is 4.98 Å². The average molecular weight is 564 g/mol. The zero-order valence-corrected chi connectivity index (χ0v) is 23.6. The number of aromatic nitrogens is 1. The molecule has 0 bridgehead atoms. The first-order valence-corrected chi connectivity index (χ1v) is 15.0. The second-order valence-corrected chi connectivity index (χ2v) is 11.3. The number of fused-ring (bicyclic) bond motifs is 1. The summed E-state index contributed by atoms with van der Waals surface area (Å²) < 4.78 is 17.8. The number of para-hydroxylation sites is 1. The van der Waals surface area contributed by atoms with Gasteiger partial charge in [0.05, 0.1) is 34.7 Å². The number of aryl methyl sites for hydroxylation is 1. The standard InChI is InChI=1S/C31H37N3O5S/c35-27(14-13-24-8-2-4-18-38-24)23-7-5-9-25(21-23)39-22-29(36)32-26-10-6-11-28-31(26)33-30(40-28)12-1-3-15-34-16-19-37-20-17-34/h5-7,9-11,13-14,21,24H,1-4,8,12,15-20,22H2,(H,32,36). The molecule has 1 N–H and O–H groups in total. The number of ketones is 1. The highest BCUT2D eigenvalue weighted by molar-refractivity contribution is 7.18. The highest BCUT2D eigenvalue weighted by Gasteiger charge is 2.14. The van der Waals surface area contributed by atoms with Gasteiger partial charge in [-0.05, 0) is 75.4 Å². The molecule has 8 nitrogen and oxygen atoms in total. The van der Waals surface area contributed by atoms with E-state index in [1.165, 1.54) is 0 Å². The van der Waals surface area contributed by atoms with Gasteiger partial charge in [0, 0.05) is 25.3 Å². The van der Waals surface area contributed by atoms with Crippen LogP contribution in [0.1, 0.15) is 47.5 Å². The molecule has 212 valence electrons. The molecule has 1 atom stereocenters. The molecule has 3 heterocycles. The van der Waals surface area contributed by atoms with Crippen LogP contribution in [0.2, 0.25) is 0 Å². The van der Waals surface area contributed by atoms with Crippen LogP contribution in [0.3, 0.4) is 0 Å². The average Bonchev–Trinajstić information content (AvgIpc) is 3.42. The molecule has 5 rings (SSSR count). The summed E-state index contributed by atoms with van der Waals surface area (Å²) in [5.41, 5.74) is 2.00. The number of unbranched alkanes of at least 4 members (excludes halogenated alkanes) is 1. The van der Waals surface area contributed by atoms with E-state index in [1.54, 1.807) is 41.7 Å². The van der Waals surface area contributed by atoms with Gasteiger partial charge in [-0.3, -0.25) is 14.5 Å². The van der Waals surface area contributed by atoms with Gasteiger partial charge in [0.2, 0.25) is 0 Å². The lowest BCUT2D eigenvalue weighted by atomic mass is 10.1. The van der Waals surface area contributed by atoms with E-state index >= 15 is 0 Å². The number of nitrogens with zero attached hydrogens (tertiary/aromatic N) is 2. The third kappa shape index (κ3) is 8.20. The molecule has 9 heteroatoms. The quantitative estimate of drug-likeness (QED) is 0.182. The smallest absolute Gasteiger partial charge is 0.262 e. The zero-order chi connectivity index (χ0) is 27.6. The zero-order valence-electron chi connectivity index (χ0n) is 22.8. The molecule has 2 saturated heterocycles. The first-order chi connectivity index (χ1) is 19.6. The number of ether oxygens (including phenoxy) is 3. The number of allylic oxidation sites excluding steroid dienone is 1. The fourth-order valence-corrected chi connectivity index (χ4v) is 5.96. The second-order valence-electron chi connectivity index (χ2n) is 10.2. The molecule has 0 saturated carbocycles. The van der Waals surface area contributed by atoms with Crippen molar-refractivity contribution in [2.24, 2.45) is 0 Å². The Morgan fingerprint density at radius 1 is 1.10 bits per heavy atom. The van der Waals surface area contributed by atoms with Gasteiger partial charge in [-0.15, -0.1) is 11.3 Å². The van der Waals surface area contributed by atoms with Crippen molar-refractivity contribution in [2.45, 2.75) is 44.6 Å². The van der Waals surface area contributed by atoms with E-state index in [1.807, 2.05) is 24.3 Å². The predicted molar refractivity (Wildman–Crippen MR) is 157 cm³/mol. The number of amides is 1. The van der Waals surface area contributed by atoms with Crippen molar-refractivity contribution >= 4 is 38.9 Å². The van der Waals surface area contributed by atoms with E-state index in [0.29, 0.717) is 17.0 Å². The molecular formula is C31H37N3O5S. The second kappa shape index (κ2) is 14.5. The van der Waals surface area contributed by atoms with E-state index in [9.17, 15) is 9.59 Å². The summed E-state index contributed by atoms with van der Waals surface area (Å²) in [6.45, 7) is 5.37. The summed E-state index contributed by atoms with van der Waals surface area (Å²) in [5.74, 6) is 0.0735. The molecule has 0 aliphatic carbocycles. The Bertz CT molecular complexity index is 1310. The molecule has 2 fully saturated rings. The van der Waals surface area contributed by atoms with Gasteiger partial charge in [-0.1, -0.05) is 24.3 Å². The number of rotatable bonds is 12. The van der Waals surface area contributed by atoms with E-state index in [2.05, 4.69) is 10.2 Å². The minimum Gasteiger partial charge on any atom is -0.484 e. The number of anilines is 1. The van der Waals surface area contributed by atoms with Crippen molar-refractivity contribution in [1.29, 1.82) is 0 Å². The van der Waals surface area contributed by atoms with Crippen molar-refractivity contribution in [1.82, 2.24) is 9.88 Å².